The first-order chi connectivity index (χ1) is 12.0. The second-order valence-corrected chi connectivity index (χ2v) is 6.21. The second-order valence-electron chi connectivity index (χ2n) is 6.21. The van der Waals surface area contributed by atoms with Crippen LogP contribution in [0.3, 0.4) is 0 Å². The highest BCUT2D eigenvalue weighted by Crippen LogP contribution is 2.16. The molecule has 2 N–H and O–H groups in total. The number of likely N-dealkylation sites (N-methyl/N-ethyl adjacent to an activating group) is 1. The van der Waals surface area contributed by atoms with Crippen LogP contribution in [0.1, 0.15) is 23.4 Å². The van der Waals surface area contributed by atoms with Crippen molar-refractivity contribution in [1.82, 2.24) is 24.6 Å². The first-order valence-electron chi connectivity index (χ1n) is 8.18. The van der Waals surface area contributed by atoms with Gasteiger partial charge in [0.25, 0.3) is 0 Å². The summed E-state index contributed by atoms with van der Waals surface area (Å²) in [7, 11) is 1.65. The van der Waals surface area contributed by atoms with Gasteiger partial charge in [-0.25, -0.2) is 9.97 Å². The molecule has 25 heavy (non-hydrogen) atoms. The van der Waals surface area contributed by atoms with E-state index in [-0.39, 0.29) is 13.2 Å². The molecular weight excluding hydrogens is 324 g/mol. The molecule has 0 bridgehead atoms. The van der Waals surface area contributed by atoms with Crippen molar-refractivity contribution >= 4 is 11.9 Å². The van der Waals surface area contributed by atoms with Crippen molar-refractivity contribution in [2.45, 2.75) is 32.7 Å². The van der Waals surface area contributed by atoms with Crippen LogP contribution >= 0.6 is 0 Å². The predicted octanol–water partition coefficient (Wildman–Crippen LogP) is 0.0921. The van der Waals surface area contributed by atoms with E-state index < -0.39 is 5.97 Å². The first kappa shape index (κ1) is 17.3. The van der Waals surface area contributed by atoms with Crippen LogP contribution in [0.25, 0.3) is 0 Å². The number of rotatable bonds is 6. The number of carboxylic acid groups (broad SMARTS) is 1. The Morgan fingerprint density at radius 3 is 2.76 bits per heavy atom. The van der Waals surface area contributed by atoms with Gasteiger partial charge in [0.15, 0.2) is 0 Å². The minimum absolute atomic E-state index is 0.0425. The molecule has 0 atom stereocenters. The number of anilines is 1. The Bertz CT molecular complexity index is 730. The first-order valence-corrected chi connectivity index (χ1v) is 8.18. The molecule has 0 aliphatic carbocycles. The maximum absolute atomic E-state index is 10.7. The number of fused-ring (bicyclic) bond motifs is 1. The molecule has 0 saturated carbocycles. The number of nitrogens with zero attached hydrogens (tertiary/aromatic N) is 6. The summed E-state index contributed by atoms with van der Waals surface area (Å²) in [5, 5.41) is 22.4. The Labute approximate surface area is 145 Å². The van der Waals surface area contributed by atoms with Crippen molar-refractivity contribution in [3.05, 3.63) is 35.4 Å². The number of hydrogen-bond acceptors (Lipinski definition) is 7. The summed E-state index contributed by atoms with van der Waals surface area (Å²) >= 11 is 0. The van der Waals surface area contributed by atoms with Gasteiger partial charge in [0.2, 0.25) is 5.95 Å². The zero-order valence-electron chi connectivity index (χ0n) is 14.2. The highest BCUT2D eigenvalue weighted by atomic mass is 16.4. The molecule has 9 nitrogen and oxygen atoms in total. The van der Waals surface area contributed by atoms with Crippen molar-refractivity contribution in [3.63, 3.8) is 0 Å². The Kier molecular flexibility index (Phi) is 5.25. The smallest absolute Gasteiger partial charge is 0.323 e. The van der Waals surface area contributed by atoms with Crippen LogP contribution in [0.4, 0.5) is 5.95 Å². The number of aromatic nitrogens is 4. The predicted molar refractivity (Wildman–Crippen MR) is 89.8 cm³/mol. The van der Waals surface area contributed by atoms with Crippen molar-refractivity contribution < 1.29 is 15.0 Å². The normalized spacial score (nSPS) is 14.8. The average molecular weight is 346 g/mol. The van der Waals surface area contributed by atoms with Crippen LogP contribution in [-0.2, 0) is 31.0 Å². The summed E-state index contributed by atoms with van der Waals surface area (Å²) in [6.45, 7) is 3.08. The van der Waals surface area contributed by atoms with E-state index >= 15 is 0 Å². The second kappa shape index (κ2) is 7.58. The number of aliphatic hydroxyl groups is 1. The van der Waals surface area contributed by atoms with E-state index in [0.29, 0.717) is 18.2 Å². The van der Waals surface area contributed by atoms with Gasteiger partial charge in [-0.2, -0.15) is 5.10 Å². The molecule has 0 aromatic carbocycles. The summed E-state index contributed by atoms with van der Waals surface area (Å²) in [4.78, 5) is 23.0. The number of carboxylic acids is 1. The van der Waals surface area contributed by atoms with Crippen LogP contribution in [0.2, 0.25) is 0 Å². The molecule has 3 rings (SSSR count). The fraction of sp³-hybridized carbons (Fsp3) is 0.500. The Balaban J connectivity index is 1.64. The van der Waals surface area contributed by atoms with Gasteiger partial charge in [-0.3, -0.25) is 14.4 Å². The minimum Gasteiger partial charge on any atom is -0.480 e. The molecule has 0 radical (unpaired) electrons. The maximum atomic E-state index is 10.7. The lowest BCUT2D eigenvalue weighted by Gasteiger charge is -2.20. The van der Waals surface area contributed by atoms with Crippen LogP contribution in [0.15, 0.2) is 18.5 Å². The van der Waals surface area contributed by atoms with Gasteiger partial charge < -0.3 is 15.1 Å². The van der Waals surface area contributed by atoms with Gasteiger partial charge in [0, 0.05) is 51.2 Å². The van der Waals surface area contributed by atoms with Gasteiger partial charge in [-0.1, -0.05) is 0 Å². The molecular formula is C16H22N6O3. The largest absolute Gasteiger partial charge is 0.480 e. The molecule has 0 unspecified atom stereocenters. The third kappa shape index (κ3) is 4.31. The van der Waals surface area contributed by atoms with E-state index in [1.807, 2.05) is 10.7 Å². The Morgan fingerprint density at radius 2 is 2.08 bits per heavy atom. The zero-order chi connectivity index (χ0) is 17.8. The van der Waals surface area contributed by atoms with Crippen LogP contribution in [-0.4, -0.2) is 61.0 Å². The van der Waals surface area contributed by atoms with E-state index in [0.717, 1.165) is 37.3 Å². The summed E-state index contributed by atoms with van der Waals surface area (Å²) < 4.78 is 1.96. The molecule has 0 spiro atoms. The van der Waals surface area contributed by atoms with Crippen LogP contribution in [0.5, 0.6) is 0 Å². The van der Waals surface area contributed by atoms with E-state index in [9.17, 15) is 9.90 Å². The molecule has 9 heteroatoms. The van der Waals surface area contributed by atoms with Gasteiger partial charge in [-0.15, -0.1) is 0 Å². The molecule has 2 aromatic rings. The van der Waals surface area contributed by atoms with Crippen LogP contribution in [0, 0.1) is 0 Å². The van der Waals surface area contributed by atoms with Crippen molar-refractivity contribution in [3.8, 4) is 0 Å². The SMILES string of the molecule is CN(CC(=O)O)c1ncc(CN2CCCn3nc(CO)cc3C2)cn1. The highest BCUT2D eigenvalue weighted by Gasteiger charge is 2.17. The van der Waals surface area contributed by atoms with E-state index in [1.165, 1.54) is 4.90 Å². The molecule has 3 heterocycles. The Morgan fingerprint density at radius 1 is 1.32 bits per heavy atom. The number of hydrogen-bond donors (Lipinski definition) is 2. The van der Waals surface area contributed by atoms with Gasteiger partial charge in [0.05, 0.1) is 18.0 Å². The summed E-state index contributed by atoms with van der Waals surface area (Å²) in [5.41, 5.74) is 2.77. The van der Waals surface area contributed by atoms with Crippen molar-refractivity contribution in [2.75, 3.05) is 25.0 Å². The number of aliphatic hydroxyl groups excluding tert-OH is 1. The van der Waals surface area contributed by atoms with Crippen LogP contribution < -0.4 is 4.90 Å². The molecule has 134 valence electrons. The zero-order valence-corrected chi connectivity index (χ0v) is 14.2. The maximum Gasteiger partial charge on any atom is 0.323 e. The molecule has 0 saturated heterocycles. The molecule has 1 aliphatic rings. The van der Waals surface area contributed by atoms with Crippen molar-refractivity contribution in [1.29, 1.82) is 0 Å². The summed E-state index contributed by atoms with van der Waals surface area (Å²) in [5.74, 6) is -0.522. The lowest BCUT2D eigenvalue weighted by Crippen LogP contribution is -2.27. The molecule has 0 amide bonds. The van der Waals surface area contributed by atoms with E-state index in [2.05, 4.69) is 20.0 Å². The number of aryl methyl sites for hydroxylation is 1. The highest BCUT2D eigenvalue weighted by molar-refractivity contribution is 5.72. The topological polar surface area (TPSA) is 108 Å². The monoisotopic (exact) mass is 346 g/mol. The lowest BCUT2D eigenvalue weighted by molar-refractivity contribution is -0.135. The number of aliphatic carboxylic acids is 1. The van der Waals surface area contributed by atoms with Crippen molar-refractivity contribution in [2.24, 2.45) is 0 Å². The molecule has 1 aliphatic heterocycles. The average Bonchev–Trinajstić information content (AvgIpc) is 2.87. The van der Waals surface area contributed by atoms with E-state index in [4.69, 9.17) is 5.11 Å². The summed E-state index contributed by atoms with van der Waals surface area (Å²) in [6, 6.07) is 1.94. The van der Waals surface area contributed by atoms with Gasteiger partial charge >= 0.3 is 5.97 Å². The van der Waals surface area contributed by atoms with Gasteiger partial charge in [0.1, 0.15) is 6.54 Å². The fourth-order valence-corrected chi connectivity index (χ4v) is 2.96. The quantitative estimate of drug-likeness (QED) is 0.758. The molecule has 2 aromatic heterocycles. The standard InChI is InChI=1S/C16H22N6O3/c1-20(10-15(24)25)16-17-6-12(7-18-16)8-21-3-2-4-22-14(9-21)5-13(11-23)19-22/h5-7,23H,2-4,8-11H2,1H3,(H,24,25). The molecule has 0 fully saturated rings. The third-order valence-corrected chi connectivity index (χ3v) is 4.12. The fourth-order valence-electron chi connectivity index (χ4n) is 2.96. The lowest BCUT2D eigenvalue weighted by atomic mass is 10.2. The number of carbonyl (C=O) groups is 1. The van der Waals surface area contributed by atoms with Gasteiger partial charge in [-0.05, 0) is 12.5 Å². The minimum atomic E-state index is -0.918. The summed E-state index contributed by atoms with van der Waals surface area (Å²) in [6.07, 6.45) is 4.46. The third-order valence-electron chi connectivity index (χ3n) is 4.12. The van der Waals surface area contributed by atoms with E-state index in [1.54, 1.807) is 19.4 Å². The Hall–Kier alpha value is -2.52.